The summed E-state index contributed by atoms with van der Waals surface area (Å²) in [4.78, 5) is 15.7. The average Bonchev–Trinajstić information content (AvgIpc) is 3.25. The molecular weight excluding hydrogens is 394 g/mol. The summed E-state index contributed by atoms with van der Waals surface area (Å²) in [5, 5.41) is 14.4. The Kier molecular flexibility index (Phi) is 5.08. The van der Waals surface area contributed by atoms with Gasteiger partial charge in [-0.3, -0.25) is 4.68 Å². The number of hydrogen-bond acceptors (Lipinski definition) is 4. The van der Waals surface area contributed by atoms with E-state index in [9.17, 15) is 9.90 Å². The minimum Gasteiger partial charge on any atom is -0.478 e. The highest BCUT2D eigenvalue weighted by Crippen LogP contribution is 2.50. The molecule has 0 bridgehead atoms. The number of aromatic carboxylic acids is 1. The van der Waals surface area contributed by atoms with Gasteiger partial charge in [0.2, 0.25) is 0 Å². The van der Waals surface area contributed by atoms with Crippen molar-refractivity contribution >= 4 is 35.0 Å². The maximum Gasteiger partial charge on any atom is 0.335 e. The van der Waals surface area contributed by atoms with Gasteiger partial charge in [0.25, 0.3) is 0 Å². The van der Waals surface area contributed by atoms with Crippen molar-refractivity contribution in [3.8, 4) is 0 Å². The smallest absolute Gasteiger partial charge is 0.335 e. The number of anilines is 1. The largest absolute Gasteiger partial charge is 0.478 e. The lowest BCUT2D eigenvalue weighted by Crippen LogP contribution is -2.19. The van der Waals surface area contributed by atoms with Crippen LogP contribution in [-0.2, 0) is 6.54 Å². The van der Waals surface area contributed by atoms with E-state index >= 15 is 0 Å². The molecular formula is C21H20ClN3O2S. The Bertz CT molecular complexity index is 1040. The van der Waals surface area contributed by atoms with E-state index in [4.69, 9.17) is 11.6 Å². The molecule has 5 nitrogen and oxygen atoms in total. The van der Waals surface area contributed by atoms with E-state index in [1.807, 2.05) is 35.3 Å². The summed E-state index contributed by atoms with van der Waals surface area (Å²) >= 11 is 7.95. The molecule has 0 radical (unpaired) electrons. The van der Waals surface area contributed by atoms with Gasteiger partial charge >= 0.3 is 5.97 Å². The number of thioether (sulfide) groups is 1. The second-order valence-electron chi connectivity index (χ2n) is 6.72. The molecule has 7 heteroatoms. The normalized spacial score (nSPS) is 18.8. The van der Waals surface area contributed by atoms with Crippen molar-refractivity contribution < 1.29 is 9.90 Å². The molecule has 0 saturated carbocycles. The minimum atomic E-state index is -0.916. The zero-order valence-electron chi connectivity index (χ0n) is 15.6. The third-order valence-electron chi connectivity index (χ3n) is 4.97. The second-order valence-corrected chi connectivity index (χ2v) is 8.27. The zero-order chi connectivity index (χ0) is 19.8. The number of carboxylic acids is 1. The van der Waals surface area contributed by atoms with Gasteiger partial charge in [-0.25, -0.2) is 4.79 Å². The van der Waals surface area contributed by atoms with E-state index in [0.717, 1.165) is 40.0 Å². The molecule has 4 rings (SSSR count). The van der Waals surface area contributed by atoms with Crippen LogP contribution in [0.2, 0.25) is 0 Å². The Balaban J connectivity index is 1.74. The summed E-state index contributed by atoms with van der Waals surface area (Å²) in [6.07, 6.45) is 8.78. The van der Waals surface area contributed by atoms with Crippen LogP contribution < -0.4 is 4.90 Å². The fraction of sp³-hybridized carbons (Fsp3) is 0.238. The van der Waals surface area contributed by atoms with Crippen LogP contribution in [-0.4, -0.2) is 20.9 Å². The monoisotopic (exact) mass is 413 g/mol. The standard InChI is InChI=1S/C21H20ClN3O2S/c1-3-24-12-16(11-23-24)25-13(2)20(18-8-7-15(22)10-19(18)25)28-17-6-4-5-14(9-17)21(26)27/h4-7,9-12,18H,3,8H2,1-2H3,(H,26,27). The van der Waals surface area contributed by atoms with Gasteiger partial charge in [-0.1, -0.05) is 35.5 Å². The van der Waals surface area contributed by atoms with Gasteiger partial charge in [0.1, 0.15) is 0 Å². The molecule has 1 aromatic carbocycles. The highest BCUT2D eigenvalue weighted by molar-refractivity contribution is 8.03. The summed E-state index contributed by atoms with van der Waals surface area (Å²) in [6, 6.07) is 7.07. The number of allylic oxidation sites excluding steroid dienone is 5. The first-order chi connectivity index (χ1) is 13.5. The summed E-state index contributed by atoms with van der Waals surface area (Å²) in [7, 11) is 0. The Morgan fingerprint density at radius 3 is 2.96 bits per heavy atom. The maximum absolute atomic E-state index is 11.3. The first kappa shape index (κ1) is 18.9. The number of halogens is 1. The van der Waals surface area contributed by atoms with Gasteiger partial charge in [-0.2, -0.15) is 5.10 Å². The van der Waals surface area contributed by atoms with Gasteiger partial charge < -0.3 is 10.0 Å². The van der Waals surface area contributed by atoms with Crippen LogP contribution in [0, 0.1) is 5.92 Å². The maximum atomic E-state index is 11.3. The van der Waals surface area contributed by atoms with Crippen LogP contribution in [0.1, 0.15) is 30.6 Å². The van der Waals surface area contributed by atoms with Crippen molar-refractivity contribution in [2.45, 2.75) is 31.7 Å². The Labute approximate surface area is 173 Å². The lowest BCUT2D eigenvalue weighted by Gasteiger charge is -2.25. The highest BCUT2D eigenvalue weighted by Gasteiger charge is 2.37. The molecule has 0 amide bonds. The van der Waals surface area contributed by atoms with E-state index in [1.165, 1.54) is 4.91 Å². The zero-order valence-corrected chi connectivity index (χ0v) is 17.2. The summed E-state index contributed by atoms with van der Waals surface area (Å²) in [6.45, 7) is 4.96. The van der Waals surface area contributed by atoms with Crippen molar-refractivity contribution in [2.24, 2.45) is 5.92 Å². The van der Waals surface area contributed by atoms with Crippen LogP contribution in [0.15, 0.2) is 75.0 Å². The van der Waals surface area contributed by atoms with E-state index in [2.05, 4.69) is 23.8 Å². The topological polar surface area (TPSA) is 58.4 Å². The number of aromatic nitrogens is 2. The molecule has 1 unspecified atom stereocenters. The molecule has 1 atom stereocenters. The van der Waals surface area contributed by atoms with E-state index in [1.54, 1.807) is 30.0 Å². The molecule has 1 aliphatic heterocycles. The van der Waals surface area contributed by atoms with Gasteiger partial charge in [-0.15, -0.1) is 0 Å². The summed E-state index contributed by atoms with van der Waals surface area (Å²) in [5.74, 6) is -0.716. The van der Waals surface area contributed by atoms with Crippen LogP contribution in [0.4, 0.5) is 5.69 Å². The lowest BCUT2D eigenvalue weighted by molar-refractivity contribution is 0.0696. The van der Waals surface area contributed by atoms with E-state index in [0.29, 0.717) is 5.56 Å². The van der Waals surface area contributed by atoms with Crippen molar-refractivity contribution in [1.29, 1.82) is 0 Å². The Morgan fingerprint density at radius 1 is 1.43 bits per heavy atom. The number of benzene rings is 1. The predicted molar refractivity (Wildman–Crippen MR) is 112 cm³/mol. The molecule has 2 aliphatic rings. The third-order valence-corrected chi connectivity index (χ3v) is 6.52. The van der Waals surface area contributed by atoms with Crippen molar-refractivity contribution in [1.82, 2.24) is 9.78 Å². The number of fused-ring (bicyclic) bond motifs is 1. The van der Waals surface area contributed by atoms with Crippen LogP contribution >= 0.6 is 23.4 Å². The first-order valence-electron chi connectivity index (χ1n) is 9.09. The fourth-order valence-corrected chi connectivity index (χ4v) is 5.00. The molecule has 2 aromatic rings. The molecule has 0 fully saturated rings. The minimum absolute atomic E-state index is 0.200. The second kappa shape index (κ2) is 7.53. The van der Waals surface area contributed by atoms with E-state index in [-0.39, 0.29) is 5.92 Å². The number of carboxylic acid groups (broad SMARTS) is 1. The number of nitrogens with zero attached hydrogens (tertiary/aromatic N) is 3. The molecule has 0 spiro atoms. The SMILES string of the molecule is CCn1cc(N2C3=CC(Cl)=CCC3C(Sc3cccc(C(=O)O)c3)=C2C)cn1. The van der Waals surface area contributed by atoms with Gasteiger partial charge in [0.15, 0.2) is 0 Å². The fourth-order valence-electron chi connectivity index (χ4n) is 3.62. The quantitative estimate of drug-likeness (QED) is 0.704. The number of carbonyl (C=O) groups is 1. The molecule has 1 N–H and O–H groups in total. The summed E-state index contributed by atoms with van der Waals surface area (Å²) in [5.41, 5.74) is 3.57. The number of aryl methyl sites for hydroxylation is 1. The number of rotatable bonds is 5. The number of hydrogen-bond donors (Lipinski definition) is 1. The van der Waals surface area contributed by atoms with Gasteiger partial charge in [0.05, 0.1) is 17.4 Å². The molecule has 28 heavy (non-hydrogen) atoms. The van der Waals surface area contributed by atoms with Crippen molar-refractivity contribution in [2.75, 3.05) is 4.90 Å². The van der Waals surface area contributed by atoms with Crippen LogP contribution in [0.25, 0.3) is 0 Å². The third kappa shape index (κ3) is 3.38. The van der Waals surface area contributed by atoms with E-state index < -0.39 is 5.97 Å². The molecule has 144 valence electrons. The molecule has 1 aliphatic carbocycles. The van der Waals surface area contributed by atoms with Crippen LogP contribution in [0.5, 0.6) is 0 Å². The highest BCUT2D eigenvalue weighted by atomic mass is 35.5. The average molecular weight is 414 g/mol. The van der Waals surface area contributed by atoms with Crippen molar-refractivity contribution in [3.63, 3.8) is 0 Å². The Hall–Kier alpha value is -2.44. The van der Waals surface area contributed by atoms with Gasteiger partial charge in [-0.05, 0) is 44.5 Å². The van der Waals surface area contributed by atoms with Crippen molar-refractivity contribution in [3.05, 3.63) is 75.7 Å². The molecule has 2 heterocycles. The molecule has 1 aromatic heterocycles. The first-order valence-corrected chi connectivity index (χ1v) is 10.3. The van der Waals surface area contributed by atoms with Gasteiger partial charge in [0, 0.05) is 44.9 Å². The molecule has 0 saturated heterocycles. The van der Waals surface area contributed by atoms with Crippen LogP contribution in [0.3, 0.4) is 0 Å². The summed E-state index contributed by atoms with van der Waals surface area (Å²) < 4.78 is 1.90. The lowest BCUT2D eigenvalue weighted by atomic mass is 9.98. The predicted octanol–water partition coefficient (Wildman–Crippen LogP) is 5.47. The Morgan fingerprint density at radius 2 is 2.25 bits per heavy atom.